The molecule has 0 aromatic heterocycles. The number of carboxylic acids is 1. The normalized spacial score (nSPS) is 13.1. The maximum Gasteiger partial charge on any atom is 0.361 e. The minimum atomic E-state index is -1.51. The number of carboxylic acid groups (broad SMARTS) is 1. The van der Waals surface area contributed by atoms with Gasteiger partial charge in [0.1, 0.15) is 13.2 Å². The molecule has 57 heavy (non-hydrogen) atoms. The van der Waals surface area contributed by atoms with Crippen molar-refractivity contribution in [3.8, 4) is 0 Å². The Morgan fingerprint density at radius 1 is 0.526 bits per heavy atom. The summed E-state index contributed by atoms with van der Waals surface area (Å²) in [5.74, 6) is -2.02. The van der Waals surface area contributed by atoms with Crippen molar-refractivity contribution in [2.45, 2.75) is 219 Å². The van der Waals surface area contributed by atoms with Crippen molar-refractivity contribution in [2.24, 2.45) is 0 Å². The monoisotopic (exact) mass is 809 g/mol. The standard InChI is InChI=1S/C48H89NO8/c1-6-8-10-12-14-16-18-20-22-23-24-25-27-28-30-32-34-36-38-45(50)55-42-44(43-56-48(47(52)53)54-41-40-49(3,4)5)57-46(51)39-37-35-33-31-29-26-21-19-17-15-13-11-9-7-2/h13,15,19,21,44,48H,6-12,14,16-18,20,22-43H2,1-5H3/p+1/b15-13-,21-19-. The van der Waals surface area contributed by atoms with E-state index >= 15 is 0 Å². The third-order valence-corrected chi connectivity index (χ3v) is 10.2. The van der Waals surface area contributed by atoms with Crippen LogP contribution in [0.4, 0.5) is 0 Å². The molecule has 0 amide bonds. The van der Waals surface area contributed by atoms with Crippen molar-refractivity contribution in [2.75, 3.05) is 47.5 Å². The van der Waals surface area contributed by atoms with Crippen LogP contribution in [0.2, 0.25) is 0 Å². The van der Waals surface area contributed by atoms with Crippen LogP contribution >= 0.6 is 0 Å². The zero-order chi connectivity index (χ0) is 42.1. The molecule has 0 saturated heterocycles. The Balaban J connectivity index is 4.38. The molecule has 0 bridgehead atoms. The van der Waals surface area contributed by atoms with E-state index in [1.54, 1.807) is 0 Å². The van der Waals surface area contributed by atoms with E-state index in [9.17, 15) is 19.5 Å². The number of nitrogens with zero attached hydrogens (tertiary/aromatic N) is 1. The van der Waals surface area contributed by atoms with Crippen molar-refractivity contribution < 1.29 is 42.9 Å². The molecule has 2 unspecified atom stereocenters. The number of carbonyl (C=O) groups is 3. The second-order valence-electron chi connectivity index (χ2n) is 17.1. The molecule has 0 rings (SSSR count). The lowest BCUT2D eigenvalue weighted by Crippen LogP contribution is -2.40. The minimum Gasteiger partial charge on any atom is -0.477 e. The van der Waals surface area contributed by atoms with E-state index in [0.717, 1.165) is 64.2 Å². The van der Waals surface area contributed by atoms with Crippen LogP contribution in [0.15, 0.2) is 24.3 Å². The van der Waals surface area contributed by atoms with Gasteiger partial charge in [0.05, 0.1) is 34.4 Å². The predicted molar refractivity (Wildman–Crippen MR) is 235 cm³/mol. The molecular formula is C48H90NO8+. The maximum atomic E-state index is 12.7. The highest BCUT2D eigenvalue weighted by Crippen LogP contribution is 2.15. The number of ether oxygens (including phenoxy) is 4. The summed E-state index contributed by atoms with van der Waals surface area (Å²) in [6.07, 6.45) is 40.9. The van der Waals surface area contributed by atoms with Crippen molar-refractivity contribution in [3.63, 3.8) is 0 Å². The lowest BCUT2D eigenvalue weighted by Gasteiger charge is -2.25. The minimum absolute atomic E-state index is 0.184. The Kier molecular flexibility index (Phi) is 39.0. The van der Waals surface area contributed by atoms with Gasteiger partial charge in [-0.25, -0.2) is 4.79 Å². The number of allylic oxidation sites excluding steroid dienone is 4. The Morgan fingerprint density at radius 3 is 1.44 bits per heavy atom. The van der Waals surface area contributed by atoms with E-state index in [1.807, 2.05) is 21.1 Å². The van der Waals surface area contributed by atoms with Gasteiger partial charge in [-0.2, -0.15) is 0 Å². The molecule has 0 spiro atoms. The second-order valence-corrected chi connectivity index (χ2v) is 17.1. The maximum absolute atomic E-state index is 12.7. The quantitative estimate of drug-likeness (QED) is 0.0213. The average Bonchev–Trinajstić information content (AvgIpc) is 3.17. The van der Waals surface area contributed by atoms with Crippen LogP contribution in [0.5, 0.6) is 0 Å². The van der Waals surface area contributed by atoms with Crippen molar-refractivity contribution in [3.05, 3.63) is 24.3 Å². The lowest BCUT2D eigenvalue weighted by molar-refractivity contribution is -0.870. The fraction of sp³-hybridized carbons (Fsp3) is 0.854. The SMILES string of the molecule is CCCC/C=C\C/C=C\CCCCCCCC(=O)OC(COC(=O)CCCCCCCCCCCCCCCCCCCC)COC(OCC[N+](C)(C)C)C(=O)O. The van der Waals surface area contributed by atoms with Gasteiger partial charge in [-0.15, -0.1) is 0 Å². The Morgan fingerprint density at radius 2 is 0.965 bits per heavy atom. The number of hydrogen-bond donors (Lipinski definition) is 1. The number of carbonyl (C=O) groups excluding carboxylic acids is 2. The fourth-order valence-electron chi connectivity index (χ4n) is 6.50. The van der Waals surface area contributed by atoms with E-state index < -0.39 is 24.3 Å². The topological polar surface area (TPSA) is 108 Å². The molecule has 1 N–H and O–H groups in total. The second kappa shape index (κ2) is 40.5. The van der Waals surface area contributed by atoms with Gasteiger partial charge in [-0.3, -0.25) is 9.59 Å². The molecule has 0 heterocycles. The first-order chi connectivity index (χ1) is 27.6. The van der Waals surface area contributed by atoms with Crippen molar-refractivity contribution in [1.29, 1.82) is 0 Å². The molecule has 0 aromatic rings. The Labute approximate surface area is 350 Å². The van der Waals surface area contributed by atoms with E-state index in [0.29, 0.717) is 23.9 Å². The summed E-state index contributed by atoms with van der Waals surface area (Å²) in [5.41, 5.74) is 0. The molecule has 0 radical (unpaired) electrons. The number of hydrogen-bond acceptors (Lipinski definition) is 7. The van der Waals surface area contributed by atoms with E-state index in [1.165, 1.54) is 109 Å². The van der Waals surface area contributed by atoms with Gasteiger partial charge < -0.3 is 28.5 Å². The summed E-state index contributed by atoms with van der Waals surface area (Å²) in [6.45, 7) is 4.83. The molecule has 0 saturated carbocycles. The number of likely N-dealkylation sites (N-methyl/N-ethyl adjacent to an activating group) is 1. The summed E-state index contributed by atoms with van der Waals surface area (Å²) >= 11 is 0. The summed E-state index contributed by atoms with van der Waals surface area (Å²) in [6, 6.07) is 0. The molecule has 0 aliphatic carbocycles. The van der Waals surface area contributed by atoms with Gasteiger partial charge in [0.15, 0.2) is 6.10 Å². The number of esters is 2. The van der Waals surface area contributed by atoms with E-state index in [2.05, 4.69) is 38.2 Å². The summed E-state index contributed by atoms with van der Waals surface area (Å²) in [5, 5.41) is 9.64. The molecule has 0 aliphatic rings. The van der Waals surface area contributed by atoms with Crippen LogP contribution in [-0.4, -0.2) is 87.4 Å². The van der Waals surface area contributed by atoms with Gasteiger partial charge in [0.2, 0.25) is 0 Å². The van der Waals surface area contributed by atoms with Crippen molar-refractivity contribution in [1.82, 2.24) is 0 Å². The van der Waals surface area contributed by atoms with Crippen LogP contribution in [0, 0.1) is 0 Å². The van der Waals surface area contributed by atoms with Crippen LogP contribution in [0.3, 0.4) is 0 Å². The third-order valence-electron chi connectivity index (χ3n) is 10.2. The Bertz CT molecular complexity index is 991. The van der Waals surface area contributed by atoms with Crippen LogP contribution in [-0.2, 0) is 33.3 Å². The average molecular weight is 809 g/mol. The van der Waals surface area contributed by atoms with Gasteiger partial charge in [-0.05, 0) is 38.5 Å². The number of aliphatic carboxylic acids is 1. The Hall–Kier alpha value is -2.23. The molecule has 0 aromatic carbocycles. The predicted octanol–water partition coefficient (Wildman–Crippen LogP) is 12.4. The van der Waals surface area contributed by atoms with E-state index in [4.69, 9.17) is 18.9 Å². The number of rotatable bonds is 43. The number of quaternary nitrogens is 1. The summed E-state index contributed by atoms with van der Waals surface area (Å²) in [7, 11) is 5.95. The van der Waals surface area contributed by atoms with Crippen LogP contribution < -0.4 is 0 Å². The first kappa shape index (κ1) is 54.8. The highest BCUT2D eigenvalue weighted by Gasteiger charge is 2.25. The molecule has 2 atom stereocenters. The fourth-order valence-corrected chi connectivity index (χ4v) is 6.50. The zero-order valence-corrected chi connectivity index (χ0v) is 37.8. The molecule has 334 valence electrons. The van der Waals surface area contributed by atoms with Gasteiger partial charge in [0.25, 0.3) is 6.29 Å². The molecule has 0 fully saturated rings. The molecular weight excluding hydrogens is 719 g/mol. The van der Waals surface area contributed by atoms with Crippen LogP contribution in [0.25, 0.3) is 0 Å². The molecule has 9 heteroatoms. The zero-order valence-electron chi connectivity index (χ0n) is 37.8. The summed E-state index contributed by atoms with van der Waals surface area (Å²) in [4.78, 5) is 37.1. The first-order valence-electron chi connectivity index (χ1n) is 23.5. The van der Waals surface area contributed by atoms with Crippen LogP contribution in [0.1, 0.15) is 206 Å². The lowest BCUT2D eigenvalue weighted by atomic mass is 10.0. The van der Waals surface area contributed by atoms with E-state index in [-0.39, 0.29) is 32.2 Å². The molecule has 9 nitrogen and oxygen atoms in total. The molecule has 0 aliphatic heterocycles. The highest BCUT2D eigenvalue weighted by molar-refractivity contribution is 5.71. The largest absolute Gasteiger partial charge is 0.477 e. The third kappa shape index (κ3) is 41.7. The smallest absolute Gasteiger partial charge is 0.361 e. The van der Waals surface area contributed by atoms with Gasteiger partial charge >= 0.3 is 17.9 Å². The van der Waals surface area contributed by atoms with Gasteiger partial charge in [-0.1, -0.05) is 179 Å². The highest BCUT2D eigenvalue weighted by atomic mass is 16.7. The number of unbranched alkanes of at least 4 members (excludes halogenated alkanes) is 24. The van der Waals surface area contributed by atoms with Crippen molar-refractivity contribution >= 4 is 17.9 Å². The first-order valence-corrected chi connectivity index (χ1v) is 23.5. The van der Waals surface area contributed by atoms with Gasteiger partial charge in [0, 0.05) is 12.8 Å². The summed E-state index contributed by atoms with van der Waals surface area (Å²) < 4.78 is 22.7.